The number of benzene rings is 1. The average molecular weight is 492 g/mol. The molecule has 1 aromatic heterocycles. The number of likely N-dealkylation sites (N-methyl/N-ethyl adjacent to an activating group) is 1. The Morgan fingerprint density at radius 2 is 2.15 bits per heavy atom. The summed E-state index contributed by atoms with van der Waals surface area (Å²) in [6.07, 6.45) is 2.99. The maximum atomic E-state index is 14.9. The highest BCUT2D eigenvalue weighted by Gasteiger charge is 2.34. The number of carbonyl (C=O) groups is 2. The predicted molar refractivity (Wildman–Crippen MR) is 122 cm³/mol. The molecule has 0 aliphatic carbocycles. The molecule has 182 valence electrons. The topological polar surface area (TPSA) is 115 Å². The van der Waals surface area contributed by atoms with Crippen LogP contribution in [0.2, 0.25) is 0 Å². The van der Waals surface area contributed by atoms with Crippen LogP contribution in [0, 0.1) is 5.82 Å². The van der Waals surface area contributed by atoms with E-state index < -0.39 is 28.0 Å². The van der Waals surface area contributed by atoms with Gasteiger partial charge < -0.3 is 14.5 Å². The van der Waals surface area contributed by atoms with E-state index in [0.29, 0.717) is 41.9 Å². The molecule has 4 rings (SSSR count). The minimum atomic E-state index is -3.10. The molecule has 1 fully saturated rings. The fourth-order valence-corrected chi connectivity index (χ4v) is 5.14. The minimum absolute atomic E-state index is 0.00217. The van der Waals surface area contributed by atoms with Crippen molar-refractivity contribution in [1.29, 1.82) is 0 Å². The number of amides is 1. The largest absolute Gasteiger partial charge is 0.348 e. The third-order valence-electron chi connectivity index (χ3n) is 5.86. The van der Waals surface area contributed by atoms with Crippen LogP contribution in [0.4, 0.5) is 10.1 Å². The van der Waals surface area contributed by atoms with E-state index in [1.165, 1.54) is 11.0 Å². The van der Waals surface area contributed by atoms with E-state index in [4.69, 9.17) is 4.74 Å². The summed E-state index contributed by atoms with van der Waals surface area (Å²) in [6, 6.07) is 4.64. The first-order valence-electron chi connectivity index (χ1n) is 10.8. The van der Waals surface area contributed by atoms with Crippen LogP contribution in [-0.4, -0.2) is 85.0 Å². The summed E-state index contributed by atoms with van der Waals surface area (Å²) in [6.45, 7) is 0.640. The van der Waals surface area contributed by atoms with Gasteiger partial charge in [0, 0.05) is 38.1 Å². The lowest BCUT2D eigenvalue weighted by Gasteiger charge is -2.22. The molecule has 0 spiro atoms. The third-order valence-corrected chi connectivity index (χ3v) is 7.36. The SMILES string of the molecule is CN(C)C(=O)Cc1cn(C[C@H]2CN(c3ccc(C4=CCS(=O)(=O)CC4)c(F)c3)C(C=O)O2)nn1. The second-order valence-corrected chi connectivity index (χ2v) is 10.8. The minimum Gasteiger partial charge on any atom is -0.348 e. The first-order chi connectivity index (χ1) is 16.1. The first kappa shape index (κ1) is 24.0. The van der Waals surface area contributed by atoms with Crippen molar-refractivity contribution < 1.29 is 27.1 Å². The first-order valence-corrected chi connectivity index (χ1v) is 12.6. The second kappa shape index (κ2) is 9.63. The summed E-state index contributed by atoms with van der Waals surface area (Å²) in [4.78, 5) is 26.6. The summed E-state index contributed by atoms with van der Waals surface area (Å²) in [5, 5.41) is 8.03. The van der Waals surface area contributed by atoms with E-state index in [-0.39, 0.29) is 30.3 Å². The van der Waals surface area contributed by atoms with Crippen molar-refractivity contribution >= 4 is 33.3 Å². The number of sulfone groups is 1. The number of ether oxygens (including phenoxy) is 1. The van der Waals surface area contributed by atoms with Gasteiger partial charge in [0.15, 0.2) is 22.4 Å². The molecule has 34 heavy (non-hydrogen) atoms. The average Bonchev–Trinajstić information content (AvgIpc) is 3.40. The molecule has 2 atom stereocenters. The molecule has 0 radical (unpaired) electrons. The number of aldehydes is 1. The van der Waals surface area contributed by atoms with Crippen LogP contribution in [0.1, 0.15) is 17.7 Å². The molecule has 2 aliphatic heterocycles. The summed E-state index contributed by atoms with van der Waals surface area (Å²) in [5.41, 5.74) is 2.04. The molecule has 1 aromatic carbocycles. The van der Waals surface area contributed by atoms with E-state index in [1.807, 2.05) is 0 Å². The number of anilines is 1. The zero-order chi connectivity index (χ0) is 24.5. The Balaban J connectivity index is 1.44. The number of aromatic nitrogens is 3. The van der Waals surface area contributed by atoms with Gasteiger partial charge in [0.25, 0.3) is 0 Å². The molecule has 0 N–H and O–H groups in total. The van der Waals surface area contributed by atoms with Crippen molar-refractivity contribution in [3.8, 4) is 0 Å². The number of hydrogen-bond acceptors (Lipinski definition) is 8. The lowest BCUT2D eigenvalue weighted by atomic mass is 10.0. The van der Waals surface area contributed by atoms with Gasteiger partial charge >= 0.3 is 0 Å². The summed E-state index contributed by atoms with van der Waals surface area (Å²) < 4.78 is 45.5. The van der Waals surface area contributed by atoms with Crippen LogP contribution >= 0.6 is 0 Å². The molecular formula is C22H26FN5O5S. The van der Waals surface area contributed by atoms with Gasteiger partial charge in [-0.1, -0.05) is 11.3 Å². The Morgan fingerprint density at radius 1 is 1.35 bits per heavy atom. The van der Waals surface area contributed by atoms with E-state index >= 15 is 0 Å². The number of nitrogens with zero attached hydrogens (tertiary/aromatic N) is 5. The molecule has 3 heterocycles. The molecule has 0 saturated carbocycles. The molecule has 10 nitrogen and oxygen atoms in total. The number of allylic oxidation sites excluding steroid dienone is 1. The highest BCUT2D eigenvalue weighted by Crippen LogP contribution is 2.31. The van der Waals surface area contributed by atoms with Crippen molar-refractivity contribution in [3.63, 3.8) is 0 Å². The van der Waals surface area contributed by atoms with Crippen LogP contribution < -0.4 is 4.90 Å². The van der Waals surface area contributed by atoms with Gasteiger partial charge in [0.2, 0.25) is 5.91 Å². The maximum Gasteiger partial charge on any atom is 0.228 e. The molecule has 2 aliphatic rings. The molecule has 1 amide bonds. The van der Waals surface area contributed by atoms with Crippen LogP contribution in [-0.2, 0) is 37.1 Å². The lowest BCUT2D eigenvalue weighted by Crippen LogP contribution is -2.31. The van der Waals surface area contributed by atoms with Gasteiger partial charge in [-0.2, -0.15) is 0 Å². The number of halogens is 1. The molecular weight excluding hydrogens is 465 g/mol. The van der Waals surface area contributed by atoms with E-state index in [2.05, 4.69) is 10.3 Å². The molecule has 12 heteroatoms. The Hall–Kier alpha value is -3.12. The number of carbonyl (C=O) groups excluding carboxylic acids is 2. The lowest BCUT2D eigenvalue weighted by molar-refractivity contribution is -0.128. The van der Waals surface area contributed by atoms with Crippen molar-refractivity contribution in [1.82, 2.24) is 19.9 Å². The Kier molecular flexibility index (Phi) is 6.80. The zero-order valence-electron chi connectivity index (χ0n) is 18.9. The molecule has 1 unspecified atom stereocenters. The van der Waals surface area contributed by atoms with Crippen LogP contribution in [0.15, 0.2) is 30.5 Å². The van der Waals surface area contributed by atoms with Crippen LogP contribution in [0.25, 0.3) is 5.57 Å². The van der Waals surface area contributed by atoms with Crippen molar-refractivity contribution in [2.24, 2.45) is 0 Å². The van der Waals surface area contributed by atoms with Gasteiger partial charge in [-0.15, -0.1) is 5.10 Å². The standard InChI is InChI=1S/C22H26FN5O5S/c1-26(2)21(30)9-16-11-27(25-24-16)12-18-13-28(22(14-29)33-18)17-3-4-19(20(23)10-17)15-5-7-34(31,32)8-6-15/h3-5,10-11,14,18,22H,6-9,12-13H2,1-2H3/t18-,22?/m0/s1. The van der Waals surface area contributed by atoms with Gasteiger partial charge in [-0.3, -0.25) is 9.59 Å². The fourth-order valence-electron chi connectivity index (χ4n) is 3.99. The van der Waals surface area contributed by atoms with Crippen LogP contribution in [0.5, 0.6) is 0 Å². The molecule has 1 saturated heterocycles. The number of rotatable bonds is 7. The van der Waals surface area contributed by atoms with Crippen molar-refractivity contribution in [3.05, 3.63) is 47.5 Å². The molecule has 2 aromatic rings. The number of hydrogen-bond donors (Lipinski definition) is 0. The zero-order valence-corrected chi connectivity index (χ0v) is 19.7. The molecule has 0 bridgehead atoms. The summed E-state index contributed by atoms with van der Waals surface area (Å²) >= 11 is 0. The van der Waals surface area contributed by atoms with Gasteiger partial charge in [-0.25, -0.2) is 17.5 Å². The quantitative estimate of drug-likeness (QED) is 0.520. The van der Waals surface area contributed by atoms with Crippen molar-refractivity contribution in [2.75, 3.05) is 37.0 Å². The van der Waals surface area contributed by atoms with Gasteiger partial charge in [0.1, 0.15) is 5.82 Å². The van der Waals surface area contributed by atoms with Gasteiger partial charge in [0.05, 0.1) is 36.3 Å². The summed E-state index contributed by atoms with van der Waals surface area (Å²) in [7, 11) is 0.230. The Morgan fingerprint density at radius 3 is 2.79 bits per heavy atom. The van der Waals surface area contributed by atoms with Crippen molar-refractivity contribution in [2.45, 2.75) is 31.7 Å². The maximum absolute atomic E-state index is 14.9. The fraction of sp³-hybridized carbons (Fsp3) is 0.455. The normalized spacial score (nSPS) is 21.9. The smallest absolute Gasteiger partial charge is 0.228 e. The third kappa shape index (κ3) is 5.33. The Labute approximate surface area is 196 Å². The van der Waals surface area contributed by atoms with Gasteiger partial charge in [-0.05, 0) is 30.2 Å². The summed E-state index contributed by atoms with van der Waals surface area (Å²) in [5.74, 6) is -0.663. The highest BCUT2D eigenvalue weighted by molar-refractivity contribution is 7.91. The second-order valence-electron chi connectivity index (χ2n) is 8.59. The predicted octanol–water partition coefficient (Wildman–Crippen LogP) is 0.680. The monoisotopic (exact) mass is 491 g/mol. The Bertz CT molecular complexity index is 1230. The van der Waals surface area contributed by atoms with E-state index in [1.54, 1.807) is 48.1 Å². The van der Waals surface area contributed by atoms with E-state index in [0.717, 1.165) is 0 Å². The van der Waals surface area contributed by atoms with Crippen LogP contribution in [0.3, 0.4) is 0 Å². The van der Waals surface area contributed by atoms with E-state index in [9.17, 15) is 22.4 Å². The highest BCUT2D eigenvalue weighted by atomic mass is 32.2.